The monoisotopic (exact) mass is 433 g/mol. The van der Waals surface area contributed by atoms with E-state index < -0.39 is 11.8 Å². The van der Waals surface area contributed by atoms with Crippen molar-refractivity contribution in [3.63, 3.8) is 0 Å². The lowest BCUT2D eigenvalue weighted by Gasteiger charge is -2.14. The van der Waals surface area contributed by atoms with E-state index in [1.54, 1.807) is 16.7 Å². The van der Waals surface area contributed by atoms with Gasteiger partial charge in [0.25, 0.3) is 0 Å². The summed E-state index contributed by atoms with van der Waals surface area (Å²) in [6.45, 7) is 2.29. The fourth-order valence-corrected chi connectivity index (χ4v) is 3.35. The van der Waals surface area contributed by atoms with Gasteiger partial charge in [-0.2, -0.15) is 0 Å². The van der Waals surface area contributed by atoms with Crippen LogP contribution < -0.4 is 5.32 Å². The van der Waals surface area contributed by atoms with Gasteiger partial charge in [0.1, 0.15) is 11.8 Å². The second kappa shape index (κ2) is 7.87. The van der Waals surface area contributed by atoms with Crippen molar-refractivity contribution in [2.75, 3.05) is 5.32 Å². The van der Waals surface area contributed by atoms with E-state index in [4.69, 9.17) is 0 Å². The molecule has 0 aliphatic carbocycles. The van der Waals surface area contributed by atoms with Crippen LogP contribution in [0.4, 0.5) is 15.8 Å². The Labute approximate surface area is 163 Å². The van der Waals surface area contributed by atoms with E-state index in [1.165, 1.54) is 12.4 Å². The SMILES string of the molecule is Cc1cc(Br)ccc1Nc1c(C(=O)O)cc2c(ncn2CCCC=O)c1F. The maximum absolute atomic E-state index is 15.1. The maximum atomic E-state index is 15.1. The molecule has 3 aromatic rings. The first-order valence-corrected chi connectivity index (χ1v) is 9.09. The maximum Gasteiger partial charge on any atom is 0.338 e. The molecule has 140 valence electrons. The number of aldehydes is 1. The van der Waals surface area contributed by atoms with Gasteiger partial charge in [-0.25, -0.2) is 14.2 Å². The van der Waals surface area contributed by atoms with Crippen LogP contribution in [0.1, 0.15) is 28.8 Å². The minimum absolute atomic E-state index is 0.0865. The van der Waals surface area contributed by atoms with Crippen molar-refractivity contribution in [1.29, 1.82) is 0 Å². The minimum atomic E-state index is -1.24. The molecule has 6 nitrogen and oxygen atoms in total. The molecule has 0 aliphatic rings. The fraction of sp³-hybridized carbons (Fsp3) is 0.211. The summed E-state index contributed by atoms with van der Waals surface area (Å²) in [7, 11) is 0. The Morgan fingerprint density at radius 1 is 1.41 bits per heavy atom. The Balaban J connectivity index is 2.09. The molecule has 0 saturated heterocycles. The first-order chi connectivity index (χ1) is 12.9. The molecule has 0 spiro atoms. The predicted octanol–water partition coefficient (Wildman–Crippen LogP) is 4.67. The van der Waals surface area contributed by atoms with Crippen molar-refractivity contribution in [1.82, 2.24) is 9.55 Å². The molecule has 0 fully saturated rings. The van der Waals surface area contributed by atoms with Crippen molar-refractivity contribution >= 4 is 50.6 Å². The van der Waals surface area contributed by atoms with E-state index in [0.29, 0.717) is 30.6 Å². The van der Waals surface area contributed by atoms with Gasteiger partial charge < -0.3 is 19.8 Å². The fourth-order valence-electron chi connectivity index (χ4n) is 2.87. The van der Waals surface area contributed by atoms with E-state index in [-0.39, 0.29) is 16.8 Å². The van der Waals surface area contributed by atoms with Crippen LogP contribution in [0, 0.1) is 12.7 Å². The van der Waals surface area contributed by atoms with Gasteiger partial charge in [0.15, 0.2) is 5.82 Å². The third-order valence-electron chi connectivity index (χ3n) is 4.26. The number of fused-ring (bicyclic) bond motifs is 1. The standard InChI is InChI=1S/C19H17BrFN3O3/c1-11-8-12(20)4-5-14(11)23-17-13(19(26)27)9-15-18(16(17)21)22-10-24(15)6-2-3-7-25/h4-5,7-10,23H,2-3,6H2,1H3,(H,26,27). The second-order valence-corrected chi connectivity index (χ2v) is 7.03. The Kier molecular flexibility index (Phi) is 5.55. The largest absolute Gasteiger partial charge is 0.478 e. The molecule has 0 bridgehead atoms. The number of imidazole rings is 1. The molecule has 2 aromatic carbocycles. The molecule has 0 unspecified atom stereocenters. The van der Waals surface area contributed by atoms with Crippen molar-refractivity contribution < 1.29 is 19.1 Å². The molecule has 0 amide bonds. The molecule has 0 saturated carbocycles. The number of halogens is 2. The van der Waals surface area contributed by atoms with Gasteiger partial charge in [0.05, 0.1) is 23.1 Å². The number of aryl methyl sites for hydroxylation is 2. The lowest BCUT2D eigenvalue weighted by molar-refractivity contribution is -0.107. The number of nitrogens with one attached hydrogen (secondary N) is 1. The summed E-state index contributed by atoms with van der Waals surface area (Å²) in [6, 6.07) is 6.78. The number of carboxylic acids is 1. The lowest BCUT2D eigenvalue weighted by Crippen LogP contribution is -2.07. The lowest BCUT2D eigenvalue weighted by atomic mass is 10.1. The molecule has 1 aromatic heterocycles. The highest BCUT2D eigenvalue weighted by molar-refractivity contribution is 9.10. The zero-order valence-electron chi connectivity index (χ0n) is 14.5. The van der Waals surface area contributed by atoms with Crippen molar-refractivity contribution in [2.45, 2.75) is 26.3 Å². The molecule has 0 radical (unpaired) electrons. The third-order valence-corrected chi connectivity index (χ3v) is 4.75. The molecule has 27 heavy (non-hydrogen) atoms. The van der Waals surface area contributed by atoms with Gasteiger partial charge in [-0.1, -0.05) is 15.9 Å². The van der Waals surface area contributed by atoms with Crippen LogP contribution in [0.5, 0.6) is 0 Å². The summed E-state index contributed by atoms with van der Waals surface area (Å²) >= 11 is 3.36. The Hall–Kier alpha value is -2.74. The van der Waals surface area contributed by atoms with Crippen LogP contribution >= 0.6 is 15.9 Å². The molecule has 3 rings (SSSR count). The smallest absolute Gasteiger partial charge is 0.338 e. The zero-order valence-corrected chi connectivity index (χ0v) is 16.1. The molecular weight excluding hydrogens is 417 g/mol. The first-order valence-electron chi connectivity index (χ1n) is 8.29. The number of carbonyl (C=O) groups excluding carboxylic acids is 1. The zero-order chi connectivity index (χ0) is 19.6. The highest BCUT2D eigenvalue weighted by atomic mass is 79.9. The van der Waals surface area contributed by atoms with Crippen LogP contribution in [0.25, 0.3) is 11.0 Å². The van der Waals surface area contributed by atoms with E-state index in [1.807, 2.05) is 13.0 Å². The van der Waals surface area contributed by atoms with Gasteiger partial charge >= 0.3 is 5.97 Å². The highest BCUT2D eigenvalue weighted by Crippen LogP contribution is 2.32. The number of anilines is 2. The Morgan fingerprint density at radius 3 is 2.85 bits per heavy atom. The van der Waals surface area contributed by atoms with E-state index in [2.05, 4.69) is 26.2 Å². The molecule has 8 heteroatoms. The number of carboxylic acid groups (broad SMARTS) is 1. The van der Waals surface area contributed by atoms with Gasteiger partial charge in [-0.15, -0.1) is 0 Å². The molecule has 0 aliphatic heterocycles. The Bertz CT molecular complexity index is 1030. The predicted molar refractivity (Wildman–Crippen MR) is 104 cm³/mol. The van der Waals surface area contributed by atoms with Gasteiger partial charge in [0, 0.05) is 23.1 Å². The van der Waals surface area contributed by atoms with Crippen LogP contribution in [0.3, 0.4) is 0 Å². The third kappa shape index (κ3) is 3.85. The topological polar surface area (TPSA) is 84.2 Å². The average Bonchev–Trinajstić information content (AvgIpc) is 3.02. The van der Waals surface area contributed by atoms with E-state index in [9.17, 15) is 14.7 Å². The normalized spacial score (nSPS) is 10.9. The van der Waals surface area contributed by atoms with Crippen molar-refractivity contribution in [2.24, 2.45) is 0 Å². The number of aromatic carboxylic acids is 1. The van der Waals surface area contributed by atoms with Crippen LogP contribution in [0.2, 0.25) is 0 Å². The highest BCUT2D eigenvalue weighted by Gasteiger charge is 2.21. The first kappa shape index (κ1) is 19.0. The quantitative estimate of drug-likeness (QED) is 0.417. The molecule has 1 heterocycles. The summed E-state index contributed by atoms with van der Waals surface area (Å²) < 4.78 is 17.6. The number of aromatic nitrogens is 2. The van der Waals surface area contributed by atoms with Gasteiger partial charge in [-0.3, -0.25) is 0 Å². The van der Waals surface area contributed by atoms with E-state index >= 15 is 4.39 Å². The van der Waals surface area contributed by atoms with Gasteiger partial charge in [-0.05, 0) is 43.2 Å². The summed E-state index contributed by atoms with van der Waals surface area (Å²) in [5.74, 6) is -1.96. The minimum Gasteiger partial charge on any atom is -0.478 e. The average molecular weight is 434 g/mol. The number of rotatable bonds is 7. The molecule has 0 atom stereocenters. The number of benzene rings is 2. The van der Waals surface area contributed by atoms with Crippen molar-refractivity contribution in [3.8, 4) is 0 Å². The summed E-state index contributed by atoms with van der Waals surface area (Å²) in [4.78, 5) is 26.3. The number of nitrogens with zero attached hydrogens (tertiary/aromatic N) is 2. The van der Waals surface area contributed by atoms with Gasteiger partial charge in [0.2, 0.25) is 0 Å². The Morgan fingerprint density at radius 2 is 2.19 bits per heavy atom. The van der Waals surface area contributed by atoms with Crippen molar-refractivity contribution in [3.05, 3.63) is 52.0 Å². The summed E-state index contributed by atoms with van der Waals surface area (Å²) in [5.41, 5.74) is 1.60. The number of hydrogen-bond donors (Lipinski definition) is 2. The summed E-state index contributed by atoms with van der Waals surface area (Å²) in [5, 5.41) is 12.5. The van der Waals surface area contributed by atoms with Crippen LogP contribution in [0.15, 0.2) is 35.1 Å². The number of hydrogen-bond acceptors (Lipinski definition) is 4. The van der Waals surface area contributed by atoms with Crippen LogP contribution in [-0.4, -0.2) is 26.9 Å². The van der Waals surface area contributed by atoms with Crippen LogP contribution in [-0.2, 0) is 11.3 Å². The number of carbonyl (C=O) groups is 2. The number of unbranched alkanes of at least 4 members (excludes halogenated alkanes) is 1. The molecule has 2 N–H and O–H groups in total. The summed E-state index contributed by atoms with van der Waals surface area (Å²) in [6.07, 6.45) is 3.21. The molecular formula is C19H17BrFN3O3. The second-order valence-electron chi connectivity index (χ2n) is 6.12. The van der Waals surface area contributed by atoms with E-state index in [0.717, 1.165) is 16.3 Å².